The highest BCUT2D eigenvalue weighted by Crippen LogP contribution is 2.31. The molecule has 0 spiro atoms. The first-order valence-corrected chi connectivity index (χ1v) is 7.50. The number of nitrogens with one attached hydrogen (secondary N) is 1. The number of amides is 1. The van der Waals surface area contributed by atoms with Gasteiger partial charge in [0.25, 0.3) is 5.91 Å². The van der Waals surface area contributed by atoms with Gasteiger partial charge in [-0.3, -0.25) is 4.79 Å². The van der Waals surface area contributed by atoms with E-state index in [-0.39, 0.29) is 12.5 Å². The highest BCUT2D eigenvalue weighted by molar-refractivity contribution is 7.14. The molecule has 0 fully saturated rings. The van der Waals surface area contributed by atoms with Crippen LogP contribution >= 0.6 is 11.3 Å². The van der Waals surface area contributed by atoms with E-state index in [2.05, 4.69) is 5.32 Å². The summed E-state index contributed by atoms with van der Waals surface area (Å²) in [5.41, 5.74) is 0.874. The van der Waals surface area contributed by atoms with Crippen molar-refractivity contribution in [3.8, 4) is 0 Å². The number of thiophene rings is 1. The molecule has 0 saturated carbocycles. The lowest BCUT2D eigenvalue weighted by atomic mass is 9.94. The summed E-state index contributed by atoms with van der Waals surface area (Å²) in [5.74, 6) is -0.0350. The smallest absolute Gasteiger partial charge is 0.261 e. The summed E-state index contributed by atoms with van der Waals surface area (Å²) in [6.45, 7) is 3.99. The Bertz CT molecular complexity index is 405. The zero-order valence-electron chi connectivity index (χ0n) is 11.1. The molecule has 1 aromatic heterocycles. The zero-order valence-corrected chi connectivity index (χ0v) is 11.9. The molecular formula is C14H21NO2S. The first kappa shape index (κ1) is 13.6. The van der Waals surface area contributed by atoms with Gasteiger partial charge in [-0.05, 0) is 43.7 Å². The number of hydrogen-bond donors (Lipinski definition) is 2. The molecule has 1 aliphatic carbocycles. The first-order chi connectivity index (χ1) is 8.64. The van der Waals surface area contributed by atoms with Gasteiger partial charge in [-0.1, -0.05) is 13.8 Å². The minimum absolute atomic E-state index is 0.00315. The Labute approximate surface area is 112 Å². The molecule has 0 atom stereocenters. The molecule has 4 heteroatoms. The van der Waals surface area contributed by atoms with Gasteiger partial charge in [0.2, 0.25) is 0 Å². The number of rotatable bonds is 5. The monoisotopic (exact) mass is 267 g/mol. The maximum atomic E-state index is 12.2. The van der Waals surface area contributed by atoms with E-state index in [0.29, 0.717) is 0 Å². The summed E-state index contributed by atoms with van der Waals surface area (Å²) in [6, 6.07) is 2.02. The van der Waals surface area contributed by atoms with Crippen molar-refractivity contribution in [2.24, 2.45) is 0 Å². The van der Waals surface area contributed by atoms with Gasteiger partial charge in [0.15, 0.2) is 0 Å². The third-order valence-electron chi connectivity index (χ3n) is 4.01. The molecular weight excluding hydrogens is 246 g/mol. The molecule has 2 N–H and O–H groups in total. The molecule has 2 rings (SSSR count). The molecule has 3 nitrogen and oxygen atoms in total. The topological polar surface area (TPSA) is 49.3 Å². The molecule has 1 amide bonds. The SMILES string of the molecule is CCC(CC)(CO)NC(=O)c1cc2c(s1)CCC2. The summed E-state index contributed by atoms with van der Waals surface area (Å²) < 4.78 is 0. The third kappa shape index (κ3) is 2.45. The molecule has 0 unspecified atom stereocenters. The van der Waals surface area contributed by atoms with Crippen LogP contribution in [0.4, 0.5) is 0 Å². The van der Waals surface area contributed by atoms with E-state index >= 15 is 0 Å². The van der Waals surface area contributed by atoms with Crippen molar-refractivity contribution in [1.29, 1.82) is 0 Å². The average molecular weight is 267 g/mol. The second-order valence-corrected chi connectivity index (χ2v) is 6.15. The number of aryl methyl sites for hydroxylation is 2. The molecule has 100 valence electrons. The normalized spacial score (nSPS) is 14.6. The van der Waals surface area contributed by atoms with Crippen LogP contribution in [0.5, 0.6) is 0 Å². The summed E-state index contributed by atoms with van der Waals surface area (Å²) in [4.78, 5) is 14.4. The number of aliphatic hydroxyl groups excluding tert-OH is 1. The largest absolute Gasteiger partial charge is 0.394 e. The van der Waals surface area contributed by atoms with Gasteiger partial charge in [-0.25, -0.2) is 0 Å². The average Bonchev–Trinajstić information content (AvgIpc) is 2.96. The minimum Gasteiger partial charge on any atom is -0.394 e. The third-order valence-corrected chi connectivity index (χ3v) is 5.24. The lowest BCUT2D eigenvalue weighted by Crippen LogP contribution is -2.50. The standard InChI is InChI=1S/C14H21NO2S/c1-3-14(4-2,9-16)15-13(17)12-8-10-6-5-7-11(10)18-12/h8,16H,3-7,9H2,1-2H3,(H,15,17). The molecule has 0 radical (unpaired) electrons. The molecule has 0 bridgehead atoms. The zero-order chi connectivity index (χ0) is 13.2. The van der Waals surface area contributed by atoms with Crippen molar-refractivity contribution >= 4 is 17.2 Å². The van der Waals surface area contributed by atoms with Crippen LogP contribution in [0.2, 0.25) is 0 Å². The summed E-state index contributed by atoms with van der Waals surface area (Å²) in [7, 11) is 0. The van der Waals surface area contributed by atoms with Gasteiger partial charge in [0, 0.05) is 4.88 Å². The van der Waals surface area contributed by atoms with Gasteiger partial charge in [-0.2, -0.15) is 0 Å². The fourth-order valence-corrected chi connectivity index (χ4v) is 3.58. The van der Waals surface area contributed by atoms with E-state index in [1.54, 1.807) is 11.3 Å². The van der Waals surface area contributed by atoms with Crippen LogP contribution in [-0.4, -0.2) is 23.2 Å². The molecule has 0 saturated heterocycles. The lowest BCUT2D eigenvalue weighted by molar-refractivity contribution is 0.0822. The van der Waals surface area contributed by atoms with Gasteiger partial charge in [-0.15, -0.1) is 11.3 Å². The van der Waals surface area contributed by atoms with Crippen LogP contribution in [0.25, 0.3) is 0 Å². The number of hydrogen-bond acceptors (Lipinski definition) is 3. The van der Waals surface area contributed by atoms with Crippen molar-refractivity contribution in [2.75, 3.05) is 6.61 Å². The quantitative estimate of drug-likeness (QED) is 0.861. The van der Waals surface area contributed by atoms with E-state index in [1.807, 2.05) is 19.9 Å². The van der Waals surface area contributed by atoms with E-state index in [4.69, 9.17) is 0 Å². The fourth-order valence-electron chi connectivity index (χ4n) is 2.43. The molecule has 0 aromatic carbocycles. The van der Waals surface area contributed by atoms with Gasteiger partial charge in [0.1, 0.15) is 0 Å². The molecule has 18 heavy (non-hydrogen) atoms. The Morgan fingerprint density at radius 3 is 2.72 bits per heavy atom. The van der Waals surface area contributed by atoms with Crippen molar-refractivity contribution in [3.63, 3.8) is 0 Å². The summed E-state index contributed by atoms with van der Waals surface area (Å²) in [5, 5.41) is 12.5. The maximum absolute atomic E-state index is 12.2. The van der Waals surface area contributed by atoms with E-state index in [1.165, 1.54) is 16.9 Å². The number of carbonyl (C=O) groups excluding carboxylic acids is 1. The van der Waals surface area contributed by atoms with Crippen molar-refractivity contribution in [3.05, 3.63) is 21.4 Å². The Kier molecular flexibility index (Phi) is 4.07. The van der Waals surface area contributed by atoms with Crippen LogP contribution in [0.15, 0.2) is 6.07 Å². The molecule has 1 heterocycles. The summed E-state index contributed by atoms with van der Waals surface area (Å²) >= 11 is 1.61. The van der Waals surface area contributed by atoms with E-state index < -0.39 is 5.54 Å². The van der Waals surface area contributed by atoms with E-state index in [9.17, 15) is 9.90 Å². The lowest BCUT2D eigenvalue weighted by Gasteiger charge is -2.30. The highest BCUT2D eigenvalue weighted by atomic mass is 32.1. The highest BCUT2D eigenvalue weighted by Gasteiger charge is 2.29. The number of aliphatic hydroxyl groups is 1. The number of carbonyl (C=O) groups is 1. The fraction of sp³-hybridized carbons (Fsp3) is 0.643. The second kappa shape index (κ2) is 5.41. The Morgan fingerprint density at radius 2 is 2.17 bits per heavy atom. The van der Waals surface area contributed by atoms with Crippen LogP contribution in [0.1, 0.15) is 53.2 Å². The second-order valence-electron chi connectivity index (χ2n) is 5.01. The van der Waals surface area contributed by atoms with Crippen LogP contribution in [0.3, 0.4) is 0 Å². The van der Waals surface area contributed by atoms with Crippen LogP contribution in [-0.2, 0) is 12.8 Å². The molecule has 1 aliphatic rings. The van der Waals surface area contributed by atoms with E-state index in [0.717, 1.165) is 30.6 Å². The number of fused-ring (bicyclic) bond motifs is 1. The first-order valence-electron chi connectivity index (χ1n) is 6.69. The Hall–Kier alpha value is -0.870. The van der Waals surface area contributed by atoms with Crippen molar-refractivity contribution in [1.82, 2.24) is 5.32 Å². The van der Waals surface area contributed by atoms with Gasteiger partial charge >= 0.3 is 0 Å². The Morgan fingerprint density at radius 1 is 1.44 bits per heavy atom. The maximum Gasteiger partial charge on any atom is 0.261 e. The minimum atomic E-state index is -0.467. The van der Waals surface area contributed by atoms with Crippen molar-refractivity contribution in [2.45, 2.75) is 51.5 Å². The predicted octanol–water partition coefficient (Wildman–Crippen LogP) is 2.52. The molecule has 1 aromatic rings. The van der Waals surface area contributed by atoms with Crippen molar-refractivity contribution < 1.29 is 9.90 Å². The van der Waals surface area contributed by atoms with Crippen LogP contribution in [0, 0.1) is 0 Å². The summed E-state index contributed by atoms with van der Waals surface area (Å²) in [6.07, 6.45) is 4.92. The van der Waals surface area contributed by atoms with Gasteiger partial charge < -0.3 is 10.4 Å². The van der Waals surface area contributed by atoms with Gasteiger partial charge in [0.05, 0.1) is 17.0 Å². The van der Waals surface area contributed by atoms with Crippen LogP contribution < -0.4 is 5.32 Å². The Balaban J connectivity index is 2.11. The predicted molar refractivity (Wildman–Crippen MR) is 74.2 cm³/mol. The molecule has 0 aliphatic heterocycles.